The van der Waals surface area contributed by atoms with E-state index in [-0.39, 0.29) is 0 Å². The van der Waals surface area contributed by atoms with E-state index >= 15 is 0 Å². The second-order valence-electron chi connectivity index (χ2n) is 3.70. The highest BCUT2D eigenvalue weighted by atomic mass is 32.1. The van der Waals surface area contributed by atoms with Crippen molar-refractivity contribution >= 4 is 22.7 Å². The molecule has 0 spiro atoms. The molecule has 0 fully saturated rings. The monoisotopic (exact) mass is 252 g/mol. The molecule has 86 valence electrons. The fraction of sp³-hybridized carbons (Fsp3) is 0.417. The van der Waals surface area contributed by atoms with Crippen molar-refractivity contribution in [2.45, 2.75) is 19.3 Å². The molecule has 0 aliphatic heterocycles. The predicted molar refractivity (Wildman–Crippen MR) is 71.5 cm³/mol. The van der Waals surface area contributed by atoms with Crippen LogP contribution in [0.15, 0.2) is 22.9 Å². The summed E-state index contributed by atoms with van der Waals surface area (Å²) in [6.07, 6.45) is 3.24. The van der Waals surface area contributed by atoms with Crippen LogP contribution in [0.5, 0.6) is 0 Å². The lowest BCUT2D eigenvalue weighted by Gasteiger charge is -1.96. The van der Waals surface area contributed by atoms with Gasteiger partial charge in [0.25, 0.3) is 0 Å². The van der Waals surface area contributed by atoms with Crippen molar-refractivity contribution < 1.29 is 0 Å². The molecule has 4 heteroatoms. The molecular formula is C12H16N2S2. The van der Waals surface area contributed by atoms with Gasteiger partial charge in [-0.25, -0.2) is 4.98 Å². The molecule has 2 nitrogen and oxygen atoms in total. The summed E-state index contributed by atoms with van der Waals surface area (Å²) in [6.45, 7) is 1.07. The maximum Gasteiger partial charge on any atom is 0.0980 e. The van der Waals surface area contributed by atoms with Gasteiger partial charge in [-0.1, -0.05) is 6.07 Å². The van der Waals surface area contributed by atoms with E-state index in [2.05, 4.69) is 33.2 Å². The molecule has 0 bridgehead atoms. The minimum absolute atomic E-state index is 0.994. The van der Waals surface area contributed by atoms with Crippen LogP contribution in [0.2, 0.25) is 0 Å². The number of thiazole rings is 1. The maximum atomic E-state index is 4.65. The quantitative estimate of drug-likeness (QED) is 0.800. The van der Waals surface area contributed by atoms with Gasteiger partial charge in [0.05, 0.1) is 10.7 Å². The lowest BCUT2D eigenvalue weighted by atomic mass is 10.2. The molecule has 0 saturated heterocycles. The molecule has 0 aliphatic carbocycles. The Morgan fingerprint density at radius 1 is 1.38 bits per heavy atom. The Morgan fingerprint density at radius 3 is 3.06 bits per heavy atom. The zero-order chi connectivity index (χ0) is 11.2. The SMILES string of the molecule is CNCCCc1csc(Cc2cccs2)n1. The minimum atomic E-state index is 0.994. The summed E-state index contributed by atoms with van der Waals surface area (Å²) in [4.78, 5) is 6.05. The van der Waals surface area contributed by atoms with Gasteiger partial charge in [0.2, 0.25) is 0 Å². The average molecular weight is 252 g/mol. The van der Waals surface area contributed by atoms with Crippen molar-refractivity contribution in [1.29, 1.82) is 0 Å². The molecule has 0 atom stereocenters. The molecule has 0 amide bonds. The second kappa shape index (κ2) is 6.13. The van der Waals surface area contributed by atoms with Crippen molar-refractivity contribution in [3.8, 4) is 0 Å². The number of hydrogen-bond donors (Lipinski definition) is 1. The van der Waals surface area contributed by atoms with Crippen LogP contribution in [0.25, 0.3) is 0 Å². The molecule has 16 heavy (non-hydrogen) atoms. The first-order valence-corrected chi connectivity index (χ1v) is 7.24. The van der Waals surface area contributed by atoms with E-state index in [1.54, 1.807) is 22.7 Å². The molecule has 1 N–H and O–H groups in total. The van der Waals surface area contributed by atoms with Gasteiger partial charge in [0.15, 0.2) is 0 Å². The van der Waals surface area contributed by atoms with Crippen molar-refractivity contribution in [3.05, 3.63) is 38.5 Å². The van der Waals surface area contributed by atoms with Crippen LogP contribution in [0, 0.1) is 0 Å². The normalized spacial score (nSPS) is 10.8. The summed E-state index contributed by atoms with van der Waals surface area (Å²) < 4.78 is 0. The smallest absolute Gasteiger partial charge is 0.0980 e. The van der Waals surface area contributed by atoms with E-state index in [9.17, 15) is 0 Å². The second-order valence-corrected chi connectivity index (χ2v) is 5.67. The third-order valence-corrected chi connectivity index (χ3v) is 4.14. The average Bonchev–Trinajstić information content (AvgIpc) is 2.91. The first kappa shape index (κ1) is 11.8. The largest absolute Gasteiger partial charge is 0.320 e. The Labute approximate surface area is 104 Å². The lowest BCUT2D eigenvalue weighted by molar-refractivity contribution is 0.716. The number of thiophene rings is 1. The molecule has 0 aliphatic rings. The van der Waals surface area contributed by atoms with Crippen LogP contribution in [0.3, 0.4) is 0 Å². The molecule has 0 radical (unpaired) electrons. The van der Waals surface area contributed by atoms with Crippen LogP contribution < -0.4 is 5.32 Å². The molecule has 2 rings (SSSR count). The number of hydrogen-bond acceptors (Lipinski definition) is 4. The van der Waals surface area contributed by atoms with Crippen LogP contribution in [0.4, 0.5) is 0 Å². The lowest BCUT2D eigenvalue weighted by Crippen LogP contribution is -2.08. The Balaban J connectivity index is 1.87. The maximum absolute atomic E-state index is 4.65. The third kappa shape index (κ3) is 3.40. The highest BCUT2D eigenvalue weighted by molar-refractivity contribution is 7.11. The van der Waals surface area contributed by atoms with Crippen molar-refractivity contribution in [1.82, 2.24) is 10.3 Å². The van der Waals surface area contributed by atoms with Gasteiger partial charge in [-0.3, -0.25) is 0 Å². The van der Waals surface area contributed by atoms with Crippen LogP contribution >= 0.6 is 22.7 Å². The van der Waals surface area contributed by atoms with Crippen LogP contribution in [-0.4, -0.2) is 18.6 Å². The summed E-state index contributed by atoms with van der Waals surface area (Å²) in [7, 11) is 1.99. The van der Waals surface area contributed by atoms with Crippen molar-refractivity contribution in [3.63, 3.8) is 0 Å². The van der Waals surface area contributed by atoms with Crippen LogP contribution in [0.1, 0.15) is 22.0 Å². The third-order valence-electron chi connectivity index (χ3n) is 2.36. The fourth-order valence-corrected chi connectivity index (χ4v) is 3.21. The minimum Gasteiger partial charge on any atom is -0.320 e. The summed E-state index contributed by atoms with van der Waals surface area (Å²) in [6, 6.07) is 4.27. The number of aryl methyl sites for hydroxylation is 1. The summed E-state index contributed by atoms with van der Waals surface area (Å²) in [5, 5.41) is 8.71. The topological polar surface area (TPSA) is 24.9 Å². The molecule has 2 aromatic rings. The van der Waals surface area contributed by atoms with E-state index in [4.69, 9.17) is 0 Å². The number of rotatable bonds is 6. The highest BCUT2D eigenvalue weighted by Gasteiger charge is 2.03. The summed E-state index contributed by atoms with van der Waals surface area (Å²) >= 11 is 3.59. The van der Waals surface area contributed by atoms with Gasteiger partial charge in [-0.15, -0.1) is 22.7 Å². The number of aromatic nitrogens is 1. The van der Waals surface area contributed by atoms with E-state index < -0.39 is 0 Å². The molecule has 0 unspecified atom stereocenters. The van der Waals surface area contributed by atoms with Gasteiger partial charge in [0.1, 0.15) is 0 Å². The van der Waals surface area contributed by atoms with E-state index in [0.29, 0.717) is 0 Å². The molecule has 2 aromatic heterocycles. The Kier molecular flexibility index (Phi) is 4.51. The van der Waals surface area contributed by atoms with E-state index in [1.807, 2.05) is 7.05 Å². The van der Waals surface area contributed by atoms with Gasteiger partial charge in [0, 0.05) is 16.7 Å². The number of nitrogens with one attached hydrogen (secondary N) is 1. The summed E-state index contributed by atoms with van der Waals surface area (Å²) in [5.74, 6) is 0. The van der Waals surface area contributed by atoms with E-state index in [0.717, 1.165) is 19.4 Å². The zero-order valence-electron chi connectivity index (χ0n) is 9.40. The Hall–Kier alpha value is -0.710. The number of nitrogens with zero attached hydrogens (tertiary/aromatic N) is 1. The highest BCUT2D eigenvalue weighted by Crippen LogP contribution is 2.18. The molecule has 2 heterocycles. The van der Waals surface area contributed by atoms with E-state index in [1.165, 1.54) is 22.0 Å². The van der Waals surface area contributed by atoms with Gasteiger partial charge >= 0.3 is 0 Å². The Bertz CT molecular complexity index is 406. The predicted octanol–water partition coefficient (Wildman–Crippen LogP) is 2.95. The van der Waals surface area contributed by atoms with Crippen molar-refractivity contribution in [2.24, 2.45) is 0 Å². The standard InChI is InChI=1S/C12H16N2S2/c1-13-6-2-4-10-9-16-12(14-10)8-11-5-3-7-15-11/h3,5,7,9,13H,2,4,6,8H2,1H3. The summed E-state index contributed by atoms with van der Waals surface area (Å²) in [5.41, 5.74) is 1.24. The van der Waals surface area contributed by atoms with Gasteiger partial charge < -0.3 is 5.32 Å². The molecule has 0 saturated carbocycles. The van der Waals surface area contributed by atoms with Crippen molar-refractivity contribution in [2.75, 3.05) is 13.6 Å². The first-order valence-electron chi connectivity index (χ1n) is 5.49. The fourth-order valence-electron chi connectivity index (χ4n) is 1.55. The van der Waals surface area contributed by atoms with Gasteiger partial charge in [-0.05, 0) is 37.9 Å². The molecular weight excluding hydrogens is 236 g/mol. The van der Waals surface area contributed by atoms with Gasteiger partial charge in [-0.2, -0.15) is 0 Å². The van der Waals surface area contributed by atoms with Crippen LogP contribution in [-0.2, 0) is 12.8 Å². The zero-order valence-corrected chi connectivity index (χ0v) is 11.0. The molecule has 0 aromatic carbocycles. The Morgan fingerprint density at radius 2 is 2.31 bits per heavy atom. The first-order chi connectivity index (χ1) is 7.88.